The molecule has 3 aromatic carbocycles. The largest absolute Gasteiger partial charge is 0.497 e. The molecular weight excluding hydrogens is 459 g/mol. The molecule has 0 aromatic heterocycles. The van der Waals surface area contributed by atoms with Crippen LogP contribution in [0.3, 0.4) is 0 Å². The molecule has 34 heavy (non-hydrogen) atoms. The fraction of sp³-hybridized carbons (Fsp3) is 0.240. The molecule has 0 saturated carbocycles. The lowest BCUT2D eigenvalue weighted by Crippen LogP contribution is -2.51. The molecule has 1 heterocycles. The molecule has 0 spiro atoms. The van der Waals surface area contributed by atoms with Crippen LogP contribution in [0.5, 0.6) is 11.5 Å². The van der Waals surface area contributed by atoms with Crippen LogP contribution in [0.2, 0.25) is 0 Å². The average molecular weight is 485 g/mol. The summed E-state index contributed by atoms with van der Waals surface area (Å²) in [4.78, 5) is 13.0. The number of ether oxygens (including phenoxy) is 2. The van der Waals surface area contributed by atoms with Crippen molar-refractivity contribution in [3.8, 4) is 11.5 Å². The van der Waals surface area contributed by atoms with E-state index in [2.05, 4.69) is 5.32 Å². The van der Waals surface area contributed by atoms with Crippen molar-refractivity contribution in [2.75, 3.05) is 24.5 Å². The lowest BCUT2D eigenvalue weighted by molar-refractivity contribution is -0.127. The van der Waals surface area contributed by atoms with Gasteiger partial charge in [-0.2, -0.15) is 0 Å². The highest BCUT2D eigenvalue weighted by Crippen LogP contribution is 2.38. The third-order valence-corrected chi connectivity index (χ3v) is 7.34. The van der Waals surface area contributed by atoms with Crippen LogP contribution in [0.1, 0.15) is 11.1 Å². The Labute approximate surface area is 198 Å². The predicted octanol–water partition coefficient (Wildman–Crippen LogP) is 3.46. The molecule has 1 atom stereocenters. The molecule has 9 heteroatoms. The van der Waals surface area contributed by atoms with E-state index in [1.807, 2.05) is 6.92 Å². The number of hydrogen-bond acceptors (Lipinski definition) is 5. The van der Waals surface area contributed by atoms with Crippen molar-refractivity contribution in [1.82, 2.24) is 5.32 Å². The monoisotopic (exact) mass is 484 g/mol. The molecule has 0 bridgehead atoms. The summed E-state index contributed by atoms with van der Waals surface area (Å²) < 4.78 is 52.3. The van der Waals surface area contributed by atoms with E-state index in [4.69, 9.17) is 9.47 Å². The van der Waals surface area contributed by atoms with Crippen LogP contribution in [-0.2, 0) is 21.2 Å². The molecule has 7 nitrogen and oxygen atoms in total. The third kappa shape index (κ3) is 4.99. The smallest absolute Gasteiger partial charge is 0.264 e. The topological polar surface area (TPSA) is 84.9 Å². The van der Waals surface area contributed by atoms with Gasteiger partial charge in [-0.05, 0) is 73.0 Å². The number of hydrogen-bond donors (Lipinski definition) is 1. The first-order valence-electron chi connectivity index (χ1n) is 10.7. The number of halogens is 1. The second kappa shape index (κ2) is 9.72. The van der Waals surface area contributed by atoms with Crippen molar-refractivity contribution in [3.63, 3.8) is 0 Å². The van der Waals surface area contributed by atoms with Gasteiger partial charge < -0.3 is 14.8 Å². The molecule has 1 aliphatic heterocycles. The van der Waals surface area contributed by atoms with E-state index in [0.717, 1.165) is 11.1 Å². The van der Waals surface area contributed by atoms with Gasteiger partial charge in [-0.1, -0.05) is 18.2 Å². The van der Waals surface area contributed by atoms with Crippen molar-refractivity contribution >= 4 is 21.6 Å². The summed E-state index contributed by atoms with van der Waals surface area (Å²) in [6.45, 7) is 1.99. The van der Waals surface area contributed by atoms with Crippen LogP contribution >= 0.6 is 0 Å². The fourth-order valence-corrected chi connectivity index (χ4v) is 5.17. The first-order chi connectivity index (χ1) is 16.3. The first kappa shape index (κ1) is 23.6. The van der Waals surface area contributed by atoms with Gasteiger partial charge in [-0.3, -0.25) is 9.10 Å². The van der Waals surface area contributed by atoms with Crippen molar-refractivity contribution in [1.29, 1.82) is 0 Å². The zero-order chi connectivity index (χ0) is 24.3. The zero-order valence-corrected chi connectivity index (χ0v) is 19.6. The Morgan fingerprint density at radius 1 is 1.12 bits per heavy atom. The van der Waals surface area contributed by atoms with Crippen molar-refractivity contribution in [2.45, 2.75) is 24.3 Å². The number of nitrogens with one attached hydrogen (secondary N) is 1. The summed E-state index contributed by atoms with van der Waals surface area (Å²) in [5.41, 5.74) is 2.12. The van der Waals surface area contributed by atoms with Gasteiger partial charge >= 0.3 is 0 Å². The third-order valence-electron chi connectivity index (χ3n) is 5.55. The summed E-state index contributed by atoms with van der Waals surface area (Å²) in [6, 6.07) is 17.3. The van der Waals surface area contributed by atoms with Crippen LogP contribution in [0.25, 0.3) is 0 Å². The summed E-state index contributed by atoms with van der Waals surface area (Å²) in [6.07, 6.45) is -0.530. The SMILES string of the molecule is COc1ccc(S(=O)(=O)N2CC(C(=O)NCCc3ccc(F)cc3)Oc3cc(C)ccc32)cc1. The molecular formula is C25H25FN2O5S. The van der Waals surface area contributed by atoms with Crippen LogP contribution in [0.15, 0.2) is 71.6 Å². The number of sulfonamides is 1. The van der Waals surface area contributed by atoms with Gasteiger partial charge in [0.1, 0.15) is 17.3 Å². The van der Waals surface area contributed by atoms with E-state index in [9.17, 15) is 17.6 Å². The second-order valence-corrected chi connectivity index (χ2v) is 9.82. The van der Waals surface area contributed by atoms with Gasteiger partial charge in [0.05, 0.1) is 24.2 Å². The maximum Gasteiger partial charge on any atom is 0.264 e. The Morgan fingerprint density at radius 2 is 1.82 bits per heavy atom. The second-order valence-electron chi connectivity index (χ2n) is 7.96. The summed E-state index contributed by atoms with van der Waals surface area (Å²) in [7, 11) is -2.46. The summed E-state index contributed by atoms with van der Waals surface area (Å²) in [5.74, 6) is 0.108. The van der Waals surface area contributed by atoms with Crippen molar-refractivity contribution < 1.29 is 27.1 Å². The van der Waals surface area contributed by atoms with Gasteiger partial charge in [0.25, 0.3) is 15.9 Å². The number of carbonyl (C=O) groups is 1. The van der Waals surface area contributed by atoms with Gasteiger partial charge in [0, 0.05) is 6.54 Å². The number of fused-ring (bicyclic) bond motifs is 1. The molecule has 4 rings (SSSR count). The molecule has 0 aliphatic carbocycles. The van der Waals surface area contributed by atoms with Gasteiger partial charge in [0.15, 0.2) is 6.10 Å². The highest BCUT2D eigenvalue weighted by molar-refractivity contribution is 7.92. The standard InChI is InChI=1S/C25H25FN2O5S/c1-17-3-12-22-23(15-17)33-24(25(29)27-14-13-18-4-6-19(26)7-5-18)16-28(22)34(30,31)21-10-8-20(32-2)9-11-21/h3-12,15,24H,13-14,16H2,1-2H3,(H,27,29). The van der Waals surface area contributed by atoms with Crippen LogP contribution < -0.4 is 19.1 Å². The number of anilines is 1. The first-order valence-corrected chi connectivity index (χ1v) is 12.2. The maximum absolute atomic E-state index is 13.5. The fourth-order valence-electron chi connectivity index (χ4n) is 3.70. The number of carbonyl (C=O) groups excluding carboxylic acids is 1. The molecule has 1 amide bonds. The Morgan fingerprint density at radius 3 is 2.50 bits per heavy atom. The number of rotatable bonds is 7. The normalized spacial score (nSPS) is 15.3. The van der Waals surface area contributed by atoms with Gasteiger partial charge in [-0.15, -0.1) is 0 Å². The minimum Gasteiger partial charge on any atom is -0.497 e. The number of nitrogens with zero attached hydrogens (tertiary/aromatic N) is 1. The van der Waals surface area contributed by atoms with E-state index >= 15 is 0 Å². The van der Waals surface area contributed by atoms with Gasteiger partial charge in [0.2, 0.25) is 0 Å². The van der Waals surface area contributed by atoms with Crippen LogP contribution in [-0.4, -0.2) is 40.6 Å². The predicted molar refractivity (Wildman–Crippen MR) is 126 cm³/mol. The van der Waals surface area contributed by atoms with E-state index in [-0.39, 0.29) is 17.3 Å². The van der Waals surface area contributed by atoms with Gasteiger partial charge in [-0.25, -0.2) is 12.8 Å². The summed E-state index contributed by atoms with van der Waals surface area (Å²) >= 11 is 0. The summed E-state index contributed by atoms with van der Waals surface area (Å²) in [5, 5.41) is 2.79. The van der Waals surface area contributed by atoms with E-state index in [1.165, 1.54) is 35.7 Å². The molecule has 0 fully saturated rings. The minimum atomic E-state index is -3.97. The van der Waals surface area contributed by atoms with Crippen LogP contribution in [0, 0.1) is 12.7 Å². The quantitative estimate of drug-likeness (QED) is 0.555. The Balaban J connectivity index is 1.55. The highest BCUT2D eigenvalue weighted by atomic mass is 32.2. The van der Waals surface area contributed by atoms with Crippen molar-refractivity contribution in [2.24, 2.45) is 0 Å². The Hall–Kier alpha value is -3.59. The van der Waals surface area contributed by atoms with Crippen molar-refractivity contribution in [3.05, 3.63) is 83.7 Å². The van der Waals surface area contributed by atoms with Crippen LogP contribution in [0.4, 0.5) is 10.1 Å². The Kier molecular flexibility index (Phi) is 6.74. The lowest BCUT2D eigenvalue weighted by atomic mass is 10.1. The van der Waals surface area contributed by atoms with E-state index in [1.54, 1.807) is 42.5 Å². The average Bonchev–Trinajstić information content (AvgIpc) is 2.84. The Bertz CT molecular complexity index is 1280. The lowest BCUT2D eigenvalue weighted by Gasteiger charge is -2.35. The molecule has 0 saturated heterocycles. The molecule has 0 radical (unpaired) electrons. The van der Waals surface area contributed by atoms with E-state index in [0.29, 0.717) is 30.2 Å². The molecule has 3 aromatic rings. The maximum atomic E-state index is 13.5. The number of aryl methyl sites for hydroxylation is 1. The molecule has 1 unspecified atom stereocenters. The molecule has 1 N–H and O–H groups in total. The van der Waals surface area contributed by atoms with E-state index < -0.39 is 22.0 Å². The number of methoxy groups -OCH3 is 1. The highest BCUT2D eigenvalue weighted by Gasteiger charge is 2.37. The number of benzene rings is 3. The molecule has 1 aliphatic rings. The number of amides is 1. The minimum absolute atomic E-state index is 0.0807. The zero-order valence-electron chi connectivity index (χ0n) is 18.8. The molecule has 178 valence electrons.